The summed E-state index contributed by atoms with van der Waals surface area (Å²) in [7, 11) is 0. The first-order chi connectivity index (χ1) is 9.63. The predicted octanol–water partition coefficient (Wildman–Crippen LogP) is 4.49. The average Bonchev–Trinajstić information content (AvgIpc) is 2.44. The highest BCUT2D eigenvalue weighted by atomic mass is 16.5. The van der Waals surface area contributed by atoms with Crippen molar-refractivity contribution in [2.45, 2.75) is 71.5 Å². The maximum absolute atomic E-state index is 10.7. The first-order valence-electron chi connectivity index (χ1n) is 8.01. The average molecular weight is 278 g/mol. The fourth-order valence-electron chi connectivity index (χ4n) is 2.78. The summed E-state index contributed by atoms with van der Waals surface area (Å²) in [4.78, 5) is 0. The molecule has 0 aromatic heterocycles. The molecule has 0 radical (unpaired) electrons. The van der Waals surface area contributed by atoms with Gasteiger partial charge in [0, 0.05) is 6.61 Å². The predicted molar refractivity (Wildman–Crippen MR) is 84.9 cm³/mol. The van der Waals surface area contributed by atoms with Gasteiger partial charge < -0.3 is 9.84 Å². The highest BCUT2D eigenvalue weighted by molar-refractivity contribution is 5.23. The van der Waals surface area contributed by atoms with Crippen LogP contribution >= 0.6 is 0 Å². The van der Waals surface area contributed by atoms with Crippen molar-refractivity contribution in [3.63, 3.8) is 0 Å². The molecule has 1 aromatic rings. The number of ether oxygens (including phenoxy) is 1. The van der Waals surface area contributed by atoms with Crippen LogP contribution in [0.5, 0.6) is 0 Å². The molecule has 0 heterocycles. The van der Waals surface area contributed by atoms with Crippen molar-refractivity contribution in [2.75, 3.05) is 6.61 Å². The molecule has 2 heteroatoms. The van der Waals surface area contributed by atoms with Crippen LogP contribution in [0.1, 0.15) is 64.0 Å². The van der Waals surface area contributed by atoms with Gasteiger partial charge in [-0.2, -0.15) is 0 Å². The standard InChI is InChI=1S/C18H30O2/c1-4-11-18(19,12-5-2)13-10-16-8-7-9-17(14-16)15-20-6-3/h7-9,14,19H,4-6,10-13,15H2,1-3H3. The second kappa shape index (κ2) is 9.15. The summed E-state index contributed by atoms with van der Waals surface area (Å²) in [5.74, 6) is 0. The van der Waals surface area contributed by atoms with E-state index in [2.05, 4.69) is 38.1 Å². The van der Waals surface area contributed by atoms with Gasteiger partial charge in [0.25, 0.3) is 0 Å². The topological polar surface area (TPSA) is 29.5 Å². The maximum atomic E-state index is 10.7. The van der Waals surface area contributed by atoms with E-state index in [1.165, 1.54) is 11.1 Å². The first kappa shape index (κ1) is 17.2. The molecular formula is C18H30O2. The van der Waals surface area contributed by atoms with Crippen LogP contribution < -0.4 is 0 Å². The zero-order valence-electron chi connectivity index (χ0n) is 13.3. The van der Waals surface area contributed by atoms with E-state index in [4.69, 9.17) is 4.74 Å². The van der Waals surface area contributed by atoms with Crippen LogP contribution in [-0.4, -0.2) is 17.3 Å². The van der Waals surface area contributed by atoms with Crippen LogP contribution in [0.15, 0.2) is 24.3 Å². The monoisotopic (exact) mass is 278 g/mol. The smallest absolute Gasteiger partial charge is 0.0716 e. The van der Waals surface area contributed by atoms with E-state index in [9.17, 15) is 5.11 Å². The minimum atomic E-state index is -0.487. The Morgan fingerprint density at radius 1 is 1.00 bits per heavy atom. The van der Waals surface area contributed by atoms with Crippen molar-refractivity contribution >= 4 is 0 Å². The second-order valence-electron chi connectivity index (χ2n) is 5.68. The summed E-state index contributed by atoms with van der Waals surface area (Å²) in [5, 5.41) is 10.7. The zero-order valence-corrected chi connectivity index (χ0v) is 13.3. The molecule has 0 bridgehead atoms. The number of benzene rings is 1. The van der Waals surface area contributed by atoms with Crippen LogP contribution in [-0.2, 0) is 17.8 Å². The van der Waals surface area contributed by atoms with Crippen molar-refractivity contribution in [1.29, 1.82) is 0 Å². The van der Waals surface area contributed by atoms with Crippen molar-refractivity contribution in [1.82, 2.24) is 0 Å². The fraction of sp³-hybridized carbons (Fsp3) is 0.667. The molecule has 0 saturated carbocycles. The van der Waals surface area contributed by atoms with Crippen molar-refractivity contribution in [3.8, 4) is 0 Å². The Hall–Kier alpha value is -0.860. The summed E-state index contributed by atoms with van der Waals surface area (Å²) in [6.45, 7) is 7.72. The molecule has 20 heavy (non-hydrogen) atoms. The third-order valence-electron chi connectivity index (χ3n) is 3.77. The largest absolute Gasteiger partial charge is 0.390 e. The molecule has 1 rings (SSSR count). The minimum Gasteiger partial charge on any atom is -0.390 e. The van der Waals surface area contributed by atoms with E-state index >= 15 is 0 Å². The van der Waals surface area contributed by atoms with Crippen molar-refractivity contribution in [2.24, 2.45) is 0 Å². The number of aryl methyl sites for hydroxylation is 1. The van der Waals surface area contributed by atoms with Crippen molar-refractivity contribution < 1.29 is 9.84 Å². The van der Waals surface area contributed by atoms with E-state index in [-0.39, 0.29) is 0 Å². The molecule has 2 nitrogen and oxygen atoms in total. The van der Waals surface area contributed by atoms with Crippen LogP contribution in [0, 0.1) is 0 Å². The third kappa shape index (κ3) is 6.06. The van der Waals surface area contributed by atoms with E-state index in [0.717, 1.165) is 45.1 Å². The first-order valence-corrected chi connectivity index (χ1v) is 8.01. The summed E-state index contributed by atoms with van der Waals surface area (Å²) in [6.07, 6.45) is 5.68. The second-order valence-corrected chi connectivity index (χ2v) is 5.68. The number of aliphatic hydroxyl groups is 1. The molecule has 1 N–H and O–H groups in total. The maximum Gasteiger partial charge on any atom is 0.0716 e. The molecule has 0 spiro atoms. The van der Waals surface area contributed by atoms with E-state index < -0.39 is 5.60 Å². The number of hydrogen-bond donors (Lipinski definition) is 1. The minimum absolute atomic E-state index is 0.487. The van der Waals surface area contributed by atoms with Gasteiger partial charge in [0.1, 0.15) is 0 Å². The third-order valence-corrected chi connectivity index (χ3v) is 3.77. The van der Waals surface area contributed by atoms with Gasteiger partial charge in [-0.1, -0.05) is 51.0 Å². The van der Waals surface area contributed by atoms with Gasteiger partial charge in [-0.15, -0.1) is 0 Å². The Kier molecular flexibility index (Phi) is 7.86. The lowest BCUT2D eigenvalue weighted by Gasteiger charge is -2.27. The normalized spacial score (nSPS) is 11.8. The zero-order chi connectivity index (χ0) is 14.8. The number of rotatable bonds is 10. The Morgan fingerprint density at radius 2 is 1.65 bits per heavy atom. The van der Waals surface area contributed by atoms with Crippen LogP contribution in [0.2, 0.25) is 0 Å². The van der Waals surface area contributed by atoms with Gasteiger partial charge in [-0.05, 0) is 43.7 Å². The lowest BCUT2D eigenvalue weighted by molar-refractivity contribution is 0.0132. The van der Waals surface area contributed by atoms with E-state index in [0.29, 0.717) is 6.61 Å². The summed E-state index contributed by atoms with van der Waals surface area (Å²) in [5.41, 5.74) is 2.03. The Bertz CT molecular complexity index is 367. The van der Waals surface area contributed by atoms with E-state index in [1.54, 1.807) is 0 Å². The highest BCUT2D eigenvalue weighted by Gasteiger charge is 2.24. The van der Waals surface area contributed by atoms with Crippen LogP contribution in [0.25, 0.3) is 0 Å². The molecule has 0 amide bonds. The van der Waals surface area contributed by atoms with Crippen LogP contribution in [0.4, 0.5) is 0 Å². The molecule has 114 valence electrons. The van der Waals surface area contributed by atoms with Crippen molar-refractivity contribution in [3.05, 3.63) is 35.4 Å². The molecule has 0 unspecified atom stereocenters. The van der Waals surface area contributed by atoms with Gasteiger partial charge in [-0.3, -0.25) is 0 Å². The van der Waals surface area contributed by atoms with E-state index in [1.807, 2.05) is 6.92 Å². The van der Waals surface area contributed by atoms with Crippen LogP contribution in [0.3, 0.4) is 0 Å². The summed E-state index contributed by atoms with van der Waals surface area (Å²) < 4.78 is 5.45. The lowest BCUT2D eigenvalue weighted by atomic mass is 9.86. The highest BCUT2D eigenvalue weighted by Crippen LogP contribution is 2.25. The molecular weight excluding hydrogens is 248 g/mol. The summed E-state index contributed by atoms with van der Waals surface area (Å²) in [6, 6.07) is 8.54. The SMILES string of the molecule is CCCC(O)(CCC)CCc1cccc(COCC)c1. The lowest BCUT2D eigenvalue weighted by Crippen LogP contribution is -2.28. The molecule has 0 aliphatic carbocycles. The molecule has 0 aliphatic rings. The molecule has 0 saturated heterocycles. The van der Waals surface area contributed by atoms with Gasteiger partial charge >= 0.3 is 0 Å². The molecule has 0 aliphatic heterocycles. The van der Waals surface area contributed by atoms with Gasteiger partial charge in [0.05, 0.1) is 12.2 Å². The Morgan fingerprint density at radius 3 is 2.25 bits per heavy atom. The number of hydrogen-bond acceptors (Lipinski definition) is 2. The fourth-order valence-corrected chi connectivity index (χ4v) is 2.78. The summed E-state index contributed by atoms with van der Waals surface area (Å²) >= 11 is 0. The van der Waals surface area contributed by atoms with Gasteiger partial charge in [0.2, 0.25) is 0 Å². The molecule has 1 aromatic carbocycles. The quantitative estimate of drug-likeness (QED) is 0.683. The Labute approximate surface area is 124 Å². The molecule has 0 fully saturated rings. The molecule has 0 atom stereocenters. The van der Waals surface area contributed by atoms with Gasteiger partial charge in [-0.25, -0.2) is 0 Å². The Balaban J connectivity index is 2.58. The van der Waals surface area contributed by atoms with Gasteiger partial charge in [0.15, 0.2) is 0 Å².